The zero-order valence-electron chi connectivity index (χ0n) is 16.3. The quantitative estimate of drug-likeness (QED) is 0.767. The third-order valence-electron chi connectivity index (χ3n) is 5.17. The van der Waals surface area contributed by atoms with Crippen molar-refractivity contribution < 1.29 is 9.59 Å². The molecule has 2 heterocycles. The number of thioether (sulfide) groups is 1. The lowest BCUT2D eigenvalue weighted by atomic mass is 9.98. The molecule has 5 nitrogen and oxygen atoms in total. The summed E-state index contributed by atoms with van der Waals surface area (Å²) in [6.07, 6.45) is 3.61. The van der Waals surface area contributed by atoms with E-state index in [-0.39, 0.29) is 17.7 Å². The highest BCUT2D eigenvalue weighted by molar-refractivity contribution is 8.03. The van der Waals surface area contributed by atoms with E-state index in [1.54, 1.807) is 18.0 Å². The molecule has 0 spiro atoms. The summed E-state index contributed by atoms with van der Waals surface area (Å²) in [4.78, 5) is 28.4. The normalized spacial score (nSPS) is 23.1. The zero-order valence-corrected chi connectivity index (χ0v) is 17.9. The number of fused-ring (bicyclic) bond motifs is 1. The first-order valence-electron chi connectivity index (χ1n) is 9.43. The number of benzene rings is 1. The van der Waals surface area contributed by atoms with Crippen molar-refractivity contribution in [1.29, 1.82) is 0 Å². The Balaban J connectivity index is 1.89. The average molecular weight is 420 g/mol. The van der Waals surface area contributed by atoms with E-state index >= 15 is 0 Å². The number of ketones is 1. The lowest BCUT2D eigenvalue weighted by Gasteiger charge is -2.39. The maximum Gasteiger partial charge on any atom is 0.252 e. The molecule has 0 bridgehead atoms. The molecule has 2 unspecified atom stereocenters. The Morgan fingerprint density at radius 2 is 2.00 bits per heavy atom. The molecular weight excluding hydrogens is 394 g/mol. The van der Waals surface area contributed by atoms with E-state index in [0.717, 1.165) is 10.5 Å². The first-order chi connectivity index (χ1) is 13.3. The third-order valence-corrected chi connectivity index (χ3v) is 6.62. The number of hydrogen-bond donors (Lipinski definition) is 2. The number of hydrogen-bond acceptors (Lipinski definition) is 5. The van der Waals surface area contributed by atoms with Crippen LogP contribution in [0.5, 0.6) is 0 Å². The van der Waals surface area contributed by atoms with Crippen molar-refractivity contribution in [2.24, 2.45) is 11.7 Å². The second kappa shape index (κ2) is 8.72. The number of nitrogens with two attached hydrogens (primary N) is 1. The van der Waals surface area contributed by atoms with Crippen LogP contribution in [0, 0.1) is 5.92 Å². The van der Waals surface area contributed by atoms with Crippen LogP contribution >= 0.6 is 23.4 Å². The predicted octanol–water partition coefficient (Wildman–Crippen LogP) is 3.10. The number of carbonyl (C=O) groups is 2. The molecule has 2 aliphatic rings. The summed E-state index contributed by atoms with van der Waals surface area (Å²) in [5.41, 5.74) is 7.58. The Labute approximate surface area is 175 Å². The highest BCUT2D eigenvalue weighted by atomic mass is 35.5. The van der Waals surface area contributed by atoms with Gasteiger partial charge in [0.15, 0.2) is 5.78 Å². The lowest BCUT2D eigenvalue weighted by molar-refractivity contribution is -0.123. The van der Waals surface area contributed by atoms with E-state index < -0.39 is 12.1 Å². The van der Waals surface area contributed by atoms with Crippen LogP contribution in [0.15, 0.2) is 47.0 Å². The van der Waals surface area contributed by atoms with Crippen molar-refractivity contribution >= 4 is 35.1 Å². The molecule has 1 aromatic carbocycles. The molecule has 1 amide bonds. The second-order valence-electron chi connectivity index (χ2n) is 7.66. The fourth-order valence-corrected chi connectivity index (χ4v) is 4.38. The molecule has 1 fully saturated rings. The molecule has 1 aromatic rings. The average Bonchev–Trinajstić information content (AvgIpc) is 2.66. The minimum atomic E-state index is -0.496. The van der Waals surface area contributed by atoms with Gasteiger partial charge in [-0.1, -0.05) is 37.6 Å². The smallest absolute Gasteiger partial charge is 0.252 e. The van der Waals surface area contributed by atoms with E-state index in [0.29, 0.717) is 28.8 Å². The fraction of sp³-hybridized carbons (Fsp3) is 0.429. The van der Waals surface area contributed by atoms with Crippen LogP contribution < -0.4 is 11.1 Å². The van der Waals surface area contributed by atoms with E-state index in [4.69, 9.17) is 17.3 Å². The molecule has 0 aromatic heterocycles. The Morgan fingerprint density at radius 3 is 2.64 bits per heavy atom. The maximum atomic E-state index is 12.8. The standard InChI is InChI=1S/C21H26ClN3O2S/c1-12(2)13(3)24-21(27)15-8-18-19(20(26)17(23)11-28-18)25(10-15)9-14-4-6-16(22)7-5-14/h4-8,10,12-13,17,19H,9,11,23H2,1-3H3,(H,24,27)/t13?,17-,19?/m0/s1. The molecule has 150 valence electrons. The van der Waals surface area contributed by atoms with Gasteiger partial charge in [-0.2, -0.15) is 0 Å². The number of carbonyl (C=O) groups excluding carboxylic acids is 2. The van der Waals surface area contributed by atoms with E-state index in [1.807, 2.05) is 42.2 Å². The van der Waals surface area contributed by atoms with Crippen molar-refractivity contribution in [2.45, 2.75) is 45.4 Å². The molecule has 1 saturated heterocycles. The molecule has 7 heteroatoms. The second-order valence-corrected chi connectivity index (χ2v) is 9.19. The Bertz CT molecular complexity index is 819. The zero-order chi connectivity index (χ0) is 20.4. The first kappa shape index (κ1) is 21.0. The summed E-state index contributed by atoms with van der Waals surface area (Å²) in [7, 11) is 0. The predicted molar refractivity (Wildman–Crippen MR) is 115 cm³/mol. The highest BCUT2D eigenvalue weighted by Crippen LogP contribution is 2.35. The van der Waals surface area contributed by atoms with Crippen LogP contribution in [0.1, 0.15) is 26.3 Å². The summed E-state index contributed by atoms with van der Waals surface area (Å²) in [5.74, 6) is 0.733. The number of Topliss-reactive ketones (excluding diaryl/α,β-unsaturated/α-hetero) is 1. The molecule has 28 heavy (non-hydrogen) atoms. The van der Waals surface area contributed by atoms with Gasteiger partial charge in [-0.05, 0) is 36.6 Å². The van der Waals surface area contributed by atoms with Crippen LogP contribution in [0.2, 0.25) is 5.02 Å². The van der Waals surface area contributed by atoms with Gasteiger partial charge in [-0.15, -0.1) is 11.8 Å². The summed E-state index contributed by atoms with van der Waals surface area (Å²) in [6, 6.07) is 6.62. The molecule has 0 radical (unpaired) electrons. The topological polar surface area (TPSA) is 75.4 Å². The van der Waals surface area contributed by atoms with E-state index in [9.17, 15) is 9.59 Å². The molecule has 3 N–H and O–H groups in total. The van der Waals surface area contributed by atoms with Gasteiger partial charge in [-0.3, -0.25) is 9.59 Å². The maximum absolute atomic E-state index is 12.8. The molecule has 2 aliphatic heterocycles. The van der Waals surface area contributed by atoms with Crippen molar-refractivity contribution in [3.63, 3.8) is 0 Å². The van der Waals surface area contributed by atoms with Crippen molar-refractivity contribution in [3.8, 4) is 0 Å². The number of halogens is 1. The van der Waals surface area contributed by atoms with Gasteiger partial charge in [-0.25, -0.2) is 0 Å². The third kappa shape index (κ3) is 4.62. The van der Waals surface area contributed by atoms with Gasteiger partial charge in [0.05, 0.1) is 11.6 Å². The van der Waals surface area contributed by atoms with Crippen LogP contribution in [-0.2, 0) is 16.1 Å². The number of nitrogens with one attached hydrogen (secondary N) is 1. The van der Waals surface area contributed by atoms with Gasteiger partial charge in [0.2, 0.25) is 0 Å². The largest absolute Gasteiger partial charge is 0.358 e. The molecule has 3 rings (SSSR count). The van der Waals surface area contributed by atoms with Gasteiger partial charge < -0.3 is 16.0 Å². The lowest BCUT2D eigenvalue weighted by Crippen LogP contribution is -2.52. The van der Waals surface area contributed by atoms with Crippen molar-refractivity contribution in [1.82, 2.24) is 10.2 Å². The minimum absolute atomic E-state index is 0.00906. The van der Waals surface area contributed by atoms with Crippen molar-refractivity contribution in [2.75, 3.05) is 5.75 Å². The number of nitrogens with zero attached hydrogens (tertiary/aromatic N) is 1. The monoisotopic (exact) mass is 419 g/mol. The highest BCUT2D eigenvalue weighted by Gasteiger charge is 2.39. The Hall–Kier alpha value is -1.76. The van der Waals surface area contributed by atoms with Crippen LogP contribution in [0.4, 0.5) is 0 Å². The van der Waals surface area contributed by atoms with E-state index in [1.165, 1.54) is 0 Å². The Morgan fingerprint density at radius 1 is 1.32 bits per heavy atom. The van der Waals surface area contributed by atoms with Gasteiger partial charge >= 0.3 is 0 Å². The molecule has 0 saturated carbocycles. The summed E-state index contributed by atoms with van der Waals surface area (Å²) in [5, 5.41) is 3.70. The summed E-state index contributed by atoms with van der Waals surface area (Å²) >= 11 is 7.54. The van der Waals surface area contributed by atoms with Crippen molar-refractivity contribution in [3.05, 3.63) is 57.6 Å². The van der Waals surface area contributed by atoms with Crippen LogP contribution in [-0.4, -0.2) is 40.5 Å². The summed E-state index contributed by atoms with van der Waals surface area (Å²) in [6.45, 7) is 6.62. The van der Waals surface area contributed by atoms with E-state index in [2.05, 4.69) is 19.2 Å². The van der Waals surface area contributed by atoms with Gasteiger partial charge in [0.25, 0.3) is 5.91 Å². The first-order valence-corrected chi connectivity index (χ1v) is 10.8. The molecule has 0 aliphatic carbocycles. The number of rotatable bonds is 5. The van der Waals surface area contributed by atoms with Crippen LogP contribution in [0.3, 0.4) is 0 Å². The van der Waals surface area contributed by atoms with Crippen LogP contribution in [0.25, 0.3) is 0 Å². The molecular formula is C21H26ClN3O2S. The summed E-state index contributed by atoms with van der Waals surface area (Å²) < 4.78 is 0. The minimum Gasteiger partial charge on any atom is -0.358 e. The molecule has 3 atom stereocenters. The number of amides is 1. The van der Waals surface area contributed by atoms with Gasteiger partial charge in [0.1, 0.15) is 6.04 Å². The van der Waals surface area contributed by atoms with Gasteiger partial charge in [0, 0.05) is 34.5 Å². The Kier molecular flexibility index (Phi) is 6.53. The SMILES string of the molecule is CC(C)C(C)NC(=O)C1=CN(Cc2ccc(Cl)cc2)C2C(=O)[C@@H](N)CSC2=C1. The fourth-order valence-electron chi connectivity index (χ4n) is 3.10.